The van der Waals surface area contributed by atoms with Crippen LogP contribution in [0.5, 0.6) is 0 Å². The summed E-state index contributed by atoms with van der Waals surface area (Å²) < 4.78 is 0. The molecule has 0 atom stereocenters. The van der Waals surface area contributed by atoms with Gasteiger partial charge in [-0.1, -0.05) is 29.5 Å². The Bertz CT molecular complexity index is 638. The molecule has 0 aliphatic rings. The van der Waals surface area contributed by atoms with Crippen molar-refractivity contribution in [3.8, 4) is 0 Å². The van der Waals surface area contributed by atoms with E-state index in [9.17, 15) is 4.79 Å². The summed E-state index contributed by atoms with van der Waals surface area (Å²) in [6.45, 7) is 4.11. The average Bonchev–Trinajstić information content (AvgIpc) is 2.34. The Morgan fingerprint density at radius 2 is 1.74 bits per heavy atom. The molecule has 4 N–H and O–H groups in total. The molecule has 19 heavy (non-hydrogen) atoms. The molecule has 0 saturated heterocycles. The van der Waals surface area contributed by atoms with E-state index in [0.29, 0.717) is 11.3 Å². The van der Waals surface area contributed by atoms with Crippen LogP contribution in [0.1, 0.15) is 21.5 Å². The SMILES string of the molecule is Cc1ccc(Sc2ccc(N)cc2C(N)=O)c(C)c1. The molecule has 0 aliphatic heterocycles. The van der Waals surface area contributed by atoms with E-state index in [1.807, 2.05) is 6.07 Å². The summed E-state index contributed by atoms with van der Waals surface area (Å²) in [6.07, 6.45) is 0. The maximum Gasteiger partial charge on any atom is 0.249 e. The molecule has 0 bridgehead atoms. The highest BCUT2D eigenvalue weighted by Crippen LogP contribution is 2.33. The van der Waals surface area contributed by atoms with E-state index < -0.39 is 5.91 Å². The van der Waals surface area contributed by atoms with Gasteiger partial charge in [-0.05, 0) is 43.7 Å². The van der Waals surface area contributed by atoms with Crippen LogP contribution >= 0.6 is 11.8 Å². The van der Waals surface area contributed by atoms with Gasteiger partial charge in [-0.25, -0.2) is 0 Å². The topological polar surface area (TPSA) is 69.1 Å². The Balaban J connectivity index is 2.40. The predicted molar refractivity (Wildman–Crippen MR) is 79.4 cm³/mol. The third kappa shape index (κ3) is 3.09. The van der Waals surface area contributed by atoms with E-state index >= 15 is 0 Å². The summed E-state index contributed by atoms with van der Waals surface area (Å²) in [7, 11) is 0. The minimum atomic E-state index is -0.459. The van der Waals surface area contributed by atoms with Crippen molar-refractivity contribution in [1.29, 1.82) is 0 Å². The van der Waals surface area contributed by atoms with Crippen molar-refractivity contribution in [1.82, 2.24) is 0 Å². The molecule has 0 aliphatic carbocycles. The van der Waals surface area contributed by atoms with E-state index in [1.165, 1.54) is 22.9 Å². The zero-order chi connectivity index (χ0) is 14.0. The Morgan fingerprint density at radius 3 is 2.37 bits per heavy atom. The lowest BCUT2D eigenvalue weighted by molar-refractivity contribution is 0.0997. The fourth-order valence-corrected chi connectivity index (χ4v) is 2.86. The number of hydrogen-bond donors (Lipinski definition) is 2. The zero-order valence-corrected chi connectivity index (χ0v) is 11.8. The predicted octanol–water partition coefficient (Wildman–Crippen LogP) is 3.14. The highest BCUT2D eigenvalue weighted by Gasteiger charge is 2.11. The molecule has 3 nitrogen and oxygen atoms in total. The molecule has 0 heterocycles. The first kappa shape index (κ1) is 13.5. The number of nitrogens with two attached hydrogens (primary N) is 2. The zero-order valence-electron chi connectivity index (χ0n) is 10.9. The molecule has 0 radical (unpaired) electrons. The van der Waals surface area contributed by atoms with Crippen molar-refractivity contribution in [3.05, 3.63) is 53.1 Å². The molecule has 98 valence electrons. The summed E-state index contributed by atoms with van der Waals surface area (Å²) in [6, 6.07) is 11.4. The van der Waals surface area contributed by atoms with E-state index in [1.54, 1.807) is 12.1 Å². The number of carbonyl (C=O) groups is 1. The molecule has 0 unspecified atom stereocenters. The standard InChI is InChI=1S/C15H16N2OS/c1-9-3-5-13(10(2)7-9)19-14-6-4-11(16)8-12(14)15(17)18/h3-8H,16H2,1-2H3,(H2,17,18). The lowest BCUT2D eigenvalue weighted by atomic mass is 10.2. The van der Waals surface area contributed by atoms with Gasteiger partial charge in [0, 0.05) is 15.5 Å². The van der Waals surface area contributed by atoms with Crippen molar-refractivity contribution >= 4 is 23.4 Å². The minimum Gasteiger partial charge on any atom is -0.399 e. The van der Waals surface area contributed by atoms with Gasteiger partial charge in [0.1, 0.15) is 0 Å². The van der Waals surface area contributed by atoms with Crippen molar-refractivity contribution in [2.24, 2.45) is 5.73 Å². The second-order valence-corrected chi connectivity index (χ2v) is 5.57. The van der Waals surface area contributed by atoms with Gasteiger partial charge in [0.25, 0.3) is 0 Å². The summed E-state index contributed by atoms with van der Waals surface area (Å²) in [5.41, 5.74) is 14.5. The summed E-state index contributed by atoms with van der Waals surface area (Å²) in [5.74, 6) is -0.459. The summed E-state index contributed by atoms with van der Waals surface area (Å²) in [4.78, 5) is 13.4. The largest absolute Gasteiger partial charge is 0.399 e. The van der Waals surface area contributed by atoms with Crippen LogP contribution in [0.2, 0.25) is 0 Å². The minimum absolute atomic E-state index is 0.459. The van der Waals surface area contributed by atoms with Gasteiger partial charge < -0.3 is 11.5 Å². The summed E-state index contributed by atoms with van der Waals surface area (Å²) in [5, 5.41) is 0. The summed E-state index contributed by atoms with van der Waals surface area (Å²) >= 11 is 1.53. The first-order valence-corrected chi connectivity index (χ1v) is 6.73. The molecule has 1 amide bonds. The lowest BCUT2D eigenvalue weighted by Gasteiger charge is -2.10. The molecule has 0 saturated carbocycles. The quantitative estimate of drug-likeness (QED) is 0.843. The van der Waals surface area contributed by atoms with Gasteiger partial charge >= 0.3 is 0 Å². The third-order valence-corrected chi connectivity index (χ3v) is 4.07. The van der Waals surface area contributed by atoms with Gasteiger partial charge in [0.05, 0.1) is 5.56 Å². The van der Waals surface area contributed by atoms with Crippen molar-refractivity contribution in [2.45, 2.75) is 23.6 Å². The lowest BCUT2D eigenvalue weighted by Crippen LogP contribution is -2.12. The number of benzene rings is 2. The molecule has 2 aromatic rings. The van der Waals surface area contributed by atoms with E-state index in [-0.39, 0.29) is 0 Å². The molecule has 0 spiro atoms. The number of amides is 1. The molecule has 2 rings (SSSR count). The molecule has 0 aromatic heterocycles. The third-order valence-electron chi connectivity index (χ3n) is 2.82. The second-order valence-electron chi connectivity index (χ2n) is 4.49. The van der Waals surface area contributed by atoms with Crippen molar-refractivity contribution < 1.29 is 4.79 Å². The number of carbonyl (C=O) groups excluding carboxylic acids is 1. The van der Waals surface area contributed by atoms with Gasteiger partial charge in [-0.2, -0.15) is 0 Å². The highest BCUT2D eigenvalue weighted by atomic mass is 32.2. The number of rotatable bonds is 3. The first-order chi connectivity index (χ1) is 8.97. The van der Waals surface area contributed by atoms with Crippen LogP contribution in [0.3, 0.4) is 0 Å². The number of hydrogen-bond acceptors (Lipinski definition) is 3. The van der Waals surface area contributed by atoms with Crippen molar-refractivity contribution in [2.75, 3.05) is 5.73 Å². The Morgan fingerprint density at radius 1 is 1.05 bits per heavy atom. The maximum absolute atomic E-state index is 11.5. The molecular weight excluding hydrogens is 256 g/mol. The number of nitrogen functional groups attached to an aromatic ring is 1. The maximum atomic E-state index is 11.5. The molecule has 4 heteroatoms. The van der Waals surface area contributed by atoms with E-state index in [0.717, 1.165) is 9.79 Å². The Kier molecular flexibility index (Phi) is 3.81. The van der Waals surface area contributed by atoms with Crippen LogP contribution < -0.4 is 11.5 Å². The normalized spacial score (nSPS) is 10.4. The fourth-order valence-electron chi connectivity index (χ4n) is 1.86. The van der Waals surface area contributed by atoms with Gasteiger partial charge in [-0.3, -0.25) is 4.79 Å². The van der Waals surface area contributed by atoms with Crippen LogP contribution in [-0.4, -0.2) is 5.91 Å². The fraction of sp³-hybridized carbons (Fsp3) is 0.133. The Labute approximate surface area is 117 Å². The van der Waals surface area contributed by atoms with Gasteiger partial charge in [0.2, 0.25) is 5.91 Å². The van der Waals surface area contributed by atoms with E-state index in [2.05, 4.69) is 32.0 Å². The van der Waals surface area contributed by atoms with Gasteiger partial charge in [0.15, 0.2) is 0 Å². The second kappa shape index (κ2) is 5.36. The number of anilines is 1. The Hall–Kier alpha value is -1.94. The monoisotopic (exact) mass is 272 g/mol. The van der Waals surface area contributed by atoms with Crippen LogP contribution in [-0.2, 0) is 0 Å². The molecule has 2 aromatic carbocycles. The van der Waals surface area contributed by atoms with Crippen LogP contribution in [0, 0.1) is 13.8 Å². The smallest absolute Gasteiger partial charge is 0.249 e. The van der Waals surface area contributed by atoms with E-state index in [4.69, 9.17) is 11.5 Å². The van der Waals surface area contributed by atoms with Crippen LogP contribution in [0.4, 0.5) is 5.69 Å². The average molecular weight is 272 g/mol. The van der Waals surface area contributed by atoms with Crippen LogP contribution in [0.25, 0.3) is 0 Å². The highest BCUT2D eigenvalue weighted by molar-refractivity contribution is 7.99. The van der Waals surface area contributed by atoms with Crippen molar-refractivity contribution in [3.63, 3.8) is 0 Å². The molecular formula is C15H16N2OS. The molecule has 0 fully saturated rings. The first-order valence-electron chi connectivity index (χ1n) is 5.92. The number of primary amides is 1. The van der Waals surface area contributed by atoms with Crippen LogP contribution in [0.15, 0.2) is 46.2 Å². The number of aryl methyl sites for hydroxylation is 2. The van der Waals surface area contributed by atoms with Gasteiger partial charge in [-0.15, -0.1) is 0 Å².